The molecule has 90 valence electrons. The Hall–Kier alpha value is -2.02. The Morgan fingerprint density at radius 1 is 1.47 bits per heavy atom. The molecule has 0 spiro atoms. The van der Waals surface area contributed by atoms with Gasteiger partial charge in [0.05, 0.1) is 11.6 Å². The monoisotopic (exact) mass is 232 g/mol. The van der Waals surface area contributed by atoms with Crippen molar-refractivity contribution in [3.63, 3.8) is 0 Å². The number of benzene rings is 1. The molecule has 0 fully saturated rings. The zero-order valence-electron chi connectivity index (χ0n) is 9.81. The maximum Gasteiger partial charge on any atom is 0.326 e. The van der Waals surface area contributed by atoms with Crippen molar-refractivity contribution in [2.75, 3.05) is 5.32 Å². The van der Waals surface area contributed by atoms with E-state index < -0.39 is 12.0 Å². The second-order valence-electron chi connectivity index (χ2n) is 3.87. The number of unbranched alkanes of at least 4 members (excludes halogenated alkanes) is 1. The standard InChI is InChI=1S/C13H16N2O2/c1-2-3-4-12(13(16)17)15-11-7-5-10(9-14)6-8-11/h5-8,12,15H,2-4H2,1H3,(H,16,17). The maximum atomic E-state index is 11.0. The lowest BCUT2D eigenvalue weighted by molar-refractivity contribution is -0.138. The molecule has 0 radical (unpaired) electrons. The molecule has 0 aliphatic heterocycles. The highest BCUT2D eigenvalue weighted by molar-refractivity contribution is 5.77. The Bertz CT molecular complexity index is 406. The first-order chi connectivity index (χ1) is 8.17. The van der Waals surface area contributed by atoms with Crippen LogP contribution >= 0.6 is 0 Å². The molecule has 4 heteroatoms. The smallest absolute Gasteiger partial charge is 0.326 e. The van der Waals surface area contributed by atoms with Crippen molar-refractivity contribution in [1.82, 2.24) is 0 Å². The van der Waals surface area contributed by atoms with Crippen molar-refractivity contribution < 1.29 is 9.90 Å². The second-order valence-corrected chi connectivity index (χ2v) is 3.87. The molecule has 0 saturated heterocycles. The molecule has 1 rings (SSSR count). The zero-order chi connectivity index (χ0) is 12.7. The zero-order valence-corrected chi connectivity index (χ0v) is 9.81. The van der Waals surface area contributed by atoms with Gasteiger partial charge in [0.1, 0.15) is 6.04 Å². The van der Waals surface area contributed by atoms with Crippen molar-refractivity contribution in [2.24, 2.45) is 0 Å². The van der Waals surface area contributed by atoms with E-state index in [-0.39, 0.29) is 0 Å². The summed E-state index contributed by atoms with van der Waals surface area (Å²) in [7, 11) is 0. The average Bonchev–Trinajstić information content (AvgIpc) is 2.35. The van der Waals surface area contributed by atoms with Crippen molar-refractivity contribution >= 4 is 11.7 Å². The number of rotatable bonds is 6. The molecule has 17 heavy (non-hydrogen) atoms. The number of hydrogen-bond acceptors (Lipinski definition) is 3. The lowest BCUT2D eigenvalue weighted by atomic mass is 10.1. The highest BCUT2D eigenvalue weighted by Gasteiger charge is 2.15. The minimum absolute atomic E-state index is 0.566. The van der Waals surface area contributed by atoms with E-state index >= 15 is 0 Å². The second kappa shape index (κ2) is 6.54. The van der Waals surface area contributed by atoms with Gasteiger partial charge in [-0.15, -0.1) is 0 Å². The van der Waals surface area contributed by atoms with Gasteiger partial charge >= 0.3 is 5.97 Å². The van der Waals surface area contributed by atoms with E-state index in [4.69, 9.17) is 10.4 Å². The molecule has 0 aromatic heterocycles. The van der Waals surface area contributed by atoms with Gasteiger partial charge in [0, 0.05) is 5.69 Å². The normalized spacial score (nSPS) is 11.5. The van der Waals surface area contributed by atoms with Crippen LogP contribution in [0.3, 0.4) is 0 Å². The number of hydrogen-bond donors (Lipinski definition) is 2. The molecule has 2 N–H and O–H groups in total. The van der Waals surface area contributed by atoms with Crippen LogP contribution in [0.2, 0.25) is 0 Å². The van der Waals surface area contributed by atoms with E-state index in [1.165, 1.54) is 0 Å². The van der Waals surface area contributed by atoms with Crippen molar-refractivity contribution in [1.29, 1.82) is 5.26 Å². The lowest BCUT2D eigenvalue weighted by Gasteiger charge is -2.15. The van der Waals surface area contributed by atoms with Gasteiger partial charge in [-0.05, 0) is 30.7 Å². The minimum Gasteiger partial charge on any atom is -0.480 e. The van der Waals surface area contributed by atoms with Crippen LogP contribution in [0.1, 0.15) is 31.7 Å². The van der Waals surface area contributed by atoms with Gasteiger partial charge in [-0.1, -0.05) is 19.8 Å². The van der Waals surface area contributed by atoms with Gasteiger partial charge in [-0.2, -0.15) is 5.26 Å². The summed E-state index contributed by atoms with van der Waals surface area (Å²) in [6, 6.07) is 8.23. The molecular formula is C13H16N2O2. The fourth-order valence-corrected chi connectivity index (χ4v) is 1.51. The summed E-state index contributed by atoms with van der Waals surface area (Å²) >= 11 is 0. The molecule has 0 heterocycles. The summed E-state index contributed by atoms with van der Waals surface area (Å²) in [6.45, 7) is 2.03. The van der Waals surface area contributed by atoms with Crippen molar-refractivity contribution in [3.8, 4) is 6.07 Å². The summed E-state index contributed by atoms with van der Waals surface area (Å²) in [6.07, 6.45) is 2.45. The number of anilines is 1. The number of nitrogens with one attached hydrogen (secondary N) is 1. The number of nitriles is 1. The topological polar surface area (TPSA) is 73.1 Å². The van der Waals surface area contributed by atoms with Gasteiger partial charge < -0.3 is 10.4 Å². The third kappa shape index (κ3) is 4.15. The summed E-state index contributed by atoms with van der Waals surface area (Å²) in [5.74, 6) is -0.845. The number of carboxylic acid groups (broad SMARTS) is 1. The van der Waals surface area contributed by atoms with E-state index in [0.29, 0.717) is 12.0 Å². The molecule has 1 aromatic carbocycles. The van der Waals surface area contributed by atoms with E-state index in [9.17, 15) is 4.79 Å². The summed E-state index contributed by atoms with van der Waals surface area (Å²) in [5.41, 5.74) is 1.29. The maximum absolute atomic E-state index is 11.0. The van der Waals surface area contributed by atoms with Crippen LogP contribution in [0.15, 0.2) is 24.3 Å². The summed E-state index contributed by atoms with van der Waals surface area (Å²) in [5, 5.41) is 20.7. The van der Waals surface area contributed by atoms with Crippen LogP contribution in [0.5, 0.6) is 0 Å². The number of carbonyl (C=O) groups is 1. The quantitative estimate of drug-likeness (QED) is 0.790. The van der Waals surface area contributed by atoms with Crippen LogP contribution in [0, 0.1) is 11.3 Å². The van der Waals surface area contributed by atoms with Gasteiger partial charge in [0.25, 0.3) is 0 Å². The van der Waals surface area contributed by atoms with E-state index in [1.54, 1.807) is 24.3 Å². The van der Waals surface area contributed by atoms with E-state index in [2.05, 4.69) is 5.32 Å². The van der Waals surface area contributed by atoms with Gasteiger partial charge in [-0.3, -0.25) is 0 Å². The first-order valence-electron chi connectivity index (χ1n) is 5.67. The molecule has 1 atom stereocenters. The summed E-state index contributed by atoms with van der Waals surface area (Å²) < 4.78 is 0. The van der Waals surface area contributed by atoms with Crippen molar-refractivity contribution in [2.45, 2.75) is 32.2 Å². The third-order valence-electron chi connectivity index (χ3n) is 2.50. The first-order valence-corrected chi connectivity index (χ1v) is 5.67. The van der Waals surface area contributed by atoms with Gasteiger partial charge in [-0.25, -0.2) is 4.79 Å². The molecular weight excluding hydrogens is 216 g/mol. The van der Waals surface area contributed by atoms with E-state index in [0.717, 1.165) is 18.5 Å². The Morgan fingerprint density at radius 3 is 2.59 bits per heavy atom. The van der Waals surface area contributed by atoms with E-state index in [1.807, 2.05) is 13.0 Å². The highest BCUT2D eigenvalue weighted by Crippen LogP contribution is 2.13. The van der Waals surface area contributed by atoms with Crippen molar-refractivity contribution in [3.05, 3.63) is 29.8 Å². The number of nitrogens with zero attached hydrogens (tertiary/aromatic N) is 1. The predicted molar refractivity (Wildman–Crippen MR) is 65.7 cm³/mol. The van der Waals surface area contributed by atoms with Gasteiger partial charge in [0.2, 0.25) is 0 Å². The Morgan fingerprint density at radius 2 is 2.12 bits per heavy atom. The molecule has 0 bridgehead atoms. The fourth-order valence-electron chi connectivity index (χ4n) is 1.51. The molecule has 0 aliphatic rings. The molecule has 1 unspecified atom stereocenters. The SMILES string of the molecule is CCCCC(Nc1ccc(C#N)cc1)C(=O)O. The Kier molecular flexibility index (Phi) is 5.02. The first kappa shape index (κ1) is 13.0. The summed E-state index contributed by atoms with van der Waals surface area (Å²) in [4.78, 5) is 11.0. The van der Waals surface area contributed by atoms with Crippen LogP contribution in [-0.2, 0) is 4.79 Å². The van der Waals surface area contributed by atoms with Crippen LogP contribution in [0.25, 0.3) is 0 Å². The van der Waals surface area contributed by atoms with Crippen LogP contribution in [0.4, 0.5) is 5.69 Å². The Balaban J connectivity index is 2.65. The van der Waals surface area contributed by atoms with Crippen LogP contribution < -0.4 is 5.32 Å². The molecule has 0 aliphatic carbocycles. The number of aliphatic carboxylic acids is 1. The largest absolute Gasteiger partial charge is 0.480 e. The average molecular weight is 232 g/mol. The third-order valence-corrected chi connectivity index (χ3v) is 2.50. The predicted octanol–water partition coefficient (Wildman–Crippen LogP) is 2.61. The highest BCUT2D eigenvalue weighted by atomic mass is 16.4. The fraction of sp³-hybridized carbons (Fsp3) is 0.385. The van der Waals surface area contributed by atoms with Crippen LogP contribution in [-0.4, -0.2) is 17.1 Å². The minimum atomic E-state index is -0.845. The molecule has 4 nitrogen and oxygen atoms in total. The lowest BCUT2D eigenvalue weighted by Crippen LogP contribution is -2.29. The molecule has 0 amide bonds. The molecule has 1 aromatic rings. The Labute approximate surface area is 101 Å². The molecule has 0 saturated carbocycles. The van der Waals surface area contributed by atoms with Gasteiger partial charge in [0.15, 0.2) is 0 Å². The number of carboxylic acids is 1.